The first-order chi connectivity index (χ1) is 11.6. The third-order valence-corrected chi connectivity index (χ3v) is 5.89. The van der Waals surface area contributed by atoms with Gasteiger partial charge in [-0.25, -0.2) is 9.97 Å². The van der Waals surface area contributed by atoms with Crippen molar-refractivity contribution in [1.82, 2.24) is 19.8 Å². The van der Waals surface area contributed by atoms with Gasteiger partial charge in [-0.3, -0.25) is 4.79 Å². The summed E-state index contributed by atoms with van der Waals surface area (Å²) in [5.41, 5.74) is 2.38. The molecule has 4 rings (SSSR count). The second-order valence-corrected chi connectivity index (χ2v) is 8.04. The number of carbonyl (C=O) groups is 1. The first-order valence-electron chi connectivity index (χ1n) is 8.52. The van der Waals surface area contributed by atoms with Gasteiger partial charge in [-0.05, 0) is 38.9 Å². The van der Waals surface area contributed by atoms with E-state index in [0.717, 1.165) is 55.3 Å². The monoisotopic (exact) mass is 342 g/mol. The van der Waals surface area contributed by atoms with Crippen LogP contribution in [-0.2, 0) is 13.0 Å². The van der Waals surface area contributed by atoms with Gasteiger partial charge in [0.1, 0.15) is 0 Å². The maximum Gasteiger partial charge on any atom is 0.264 e. The van der Waals surface area contributed by atoms with E-state index in [0.29, 0.717) is 0 Å². The standard InChI is InChI=1S/C18H22N4OS/c1-12-5-6-16(24-12)18(23)22-8-3-4-15(22)17-19-10-13-11-21(2)9-7-14(13)20-17/h5-6,10,15H,3-4,7-9,11H2,1-2H3/t15-/m1/s1. The number of fused-ring (bicyclic) bond motifs is 1. The maximum atomic E-state index is 12.8. The number of hydrogen-bond acceptors (Lipinski definition) is 5. The van der Waals surface area contributed by atoms with Crippen molar-refractivity contribution in [3.05, 3.63) is 45.2 Å². The topological polar surface area (TPSA) is 49.3 Å². The lowest BCUT2D eigenvalue weighted by Gasteiger charge is -2.27. The van der Waals surface area contributed by atoms with Gasteiger partial charge in [0.15, 0.2) is 5.82 Å². The van der Waals surface area contributed by atoms with Gasteiger partial charge < -0.3 is 9.80 Å². The molecule has 4 heterocycles. The number of nitrogens with zero attached hydrogens (tertiary/aromatic N) is 4. The number of thiophene rings is 1. The second-order valence-electron chi connectivity index (χ2n) is 6.75. The smallest absolute Gasteiger partial charge is 0.264 e. The lowest BCUT2D eigenvalue weighted by molar-refractivity contribution is 0.0734. The summed E-state index contributed by atoms with van der Waals surface area (Å²) in [7, 11) is 2.12. The van der Waals surface area contributed by atoms with Crippen LogP contribution in [0.2, 0.25) is 0 Å². The van der Waals surface area contributed by atoms with Crippen molar-refractivity contribution in [3.63, 3.8) is 0 Å². The van der Waals surface area contributed by atoms with E-state index in [4.69, 9.17) is 4.98 Å². The largest absolute Gasteiger partial charge is 0.328 e. The van der Waals surface area contributed by atoms with E-state index in [1.807, 2.05) is 30.2 Å². The van der Waals surface area contributed by atoms with Crippen molar-refractivity contribution >= 4 is 17.2 Å². The maximum absolute atomic E-state index is 12.8. The third kappa shape index (κ3) is 2.84. The van der Waals surface area contributed by atoms with Crippen LogP contribution in [0.1, 0.15) is 50.5 Å². The van der Waals surface area contributed by atoms with Crippen molar-refractivity contribution < 1.29 is 4.79 Å². The molecule has 0 unspecified atom stereocenters. The summed E-state index contributed by atoms with van der Waals surface area (Å²) in [5, 5.41) is 0. The van der Waals surface area contributed by atoms with E-state index in [1.165, 1.54) is 10.4 Å². The summed E-state index contributed by atoms with van der Waals surface area (Å²) < 4.78 is 0. The van der Waals surface area contributed by atoms with Crippen LogP contribution in [0.15, 0.2) is 18.3 Å². The molecule has 0 N–H and O–H groups in total. The molecule has 1 atom stereocenters. The molecule has 2 aliphatic heterocycles. The molecule has 5 nitrogen and oxygen atoms in total. The van der Waals surface area contributed by atoms with Crippen LogP contribution in [0.3, 0.4) is 0 Å². The summed E-state index contributed by atoms with van der Waals surface area (Å²) in [4.78, 5) is 28.5. The Labute approximate surface area is 146 Å². The molecule has 2 aliphatic rings. The van der Waals surface area contributed by atoms with Crippen molar-refractivity contribution in [1.29, 1.82) is 0 Å². The summed E-state index contributed by atoms with van der Waals surface area (Å²) in [6.07, 6.45) is 4.90. The molecular formula is C18H22N4OS. The van der Waals surface area contributed by atoms with E-state index in [2.05, 4.69) is 16.9 Å². The lowest BCUT2D eigenvalue weighted by Crippen LogP contribution is -2.32. The highest BCUT2D eigenvalue weighted by Crippen LogP contribution is 2.33. The molecule has 1 fully saturated rings. The van der Waals surface area contributed by atoms with Crippen LogP contribution < -0.4 is 0 Å². The Balaban J connectivity index is 1.60. The van der Waals surface area contributed by atoms with E-state index in [-0.39, 0.29) is 11.9 Å². The number of aromatic nitrogens is 2. The molecule has 126 valence electrons. The van der Waals surface area contributed by atoms with Crippen molar-refractivity contribution in [2.24, 2.45) is 0 Å². The predicted octanol–water partition coefficient (Wildman–Crippen LogP) is 2.81. The van der Waals surface area contributed by atoms with E-state index in [1.54, 1.807) is 11.3 Å². The molecule has 2 aromatic heterocycles. The number of amides is 1. The highest BCUT2D eigenvalue weighted by atomic mass is 32.1. The van der Waals surface area contributed by atoms with Crippen LogP contribution >= 0.6 is 11.3 Å². The normalized spacial score (nSPS) is 21.1. The minimum Gasteiger partial charge on any atom is -0.328 e. The SMILES string of the molecule is Cc1ccc(C(=O)N2CCC[C@@H]2c2ncc3c(n2)CCN(C)C3)s1. The molecule has 1 amide bonds. The number of aryl methyl sites for hydroxylation is 1. The zero-order chi connectivity index (χ0) is 16.7. The molecular weight excluding hydrogens is 320 g/mol. The van der Waals surface area contributed by atoms with Crippen molar-refractivity contribution in [2.75, 3.05) is 20.1 Å². The van der Waals surface area contributed by atoms with Crippen LogP contribution in [0.25, 0.3) is 0 Å². The number of likely N-dealkylation sites (N-methyl/N-ethyl adjacent to an activating group) is 1. The average Bonchev–Trinajstić information content (AvgIpc) is 3.22. The van der Waals surface area contributed by atoms with Gasteiger partial charge in [0.05, 0.1) is 10.9 Å². The molecule has 6 heteroatoms. The fourth-order valence-electron chi connectivity index (χ4n) is 3.60. The number of carbonyl (C=O) groups excluding carboxylic acids is 1. The van der Waals surface area contributed by atoms with Crippen LogP contribution in [0, 0.1) is 6.92 Å². The number of rotatable bonds is 2. The molecule has 0 saturated carbocycles. The summed E-state index contributed by atoms with van der Waals surface area (Å²) in [6.45, 7) is 4.78. The fourth-order valence-corrected chi connectivity index (χ4v) is 4.43. The first kappa shape index (κ1) is 15.7. The van der Waals surface area contributed by atoms with Crippen LogP contribution in [0.5, 0.6) is 0 Å². The quantitative estimate of drug-likeness (QED) is 0.842. The minimum absolute atomic E-state index is 0.0184. The third-order valence-electron chi connectivity index (χ3n) is 4.91. The highest BCUT2D eigenvalue weighted by Gasteiger charge is 2.33. The lowest BCUT2D eigenvalue weighted by atomic mass is 10.1. The van der Waals surface area contributed by atoms with E-state index in [9.17, 15) is 4.79 Å². The van der Waals surface area contributed by atoms with Crippen LogP contribution in [0.4, 0.5) is 0 Å². The summed E-state index contributed by atoms with van der Waals surface area (Å²) >= 11 is 1.57. The summed E-state index contributed by atoms with van der Waals surface area (Å²) in [6, 6.07) is 3.96. The Hall–Kier alpha value is -1.79. The van der Waals surface area contributed by atoms with Gasteiger partial charge in [0.25, 0.3) is 5.91 Å². The van der Waals surface area contributed by atoms with Gasteiger partial charge in [-0.15, -0.1) is 11.3 Å². The minimum atomic E-state index is 0.0184. The number of hydrogen-bond donors (Lipinski definition) is 0. The number of likely N-dealkylation sites (tertiary alicyclic amines) is 1. The Morgan fingerprint density at radius 3 is 3.00 bits per heavy atom. The molecule has 24 heavy (non-hydrogen) atoms. The Morgan fingerprint density at radius 1 is 1.33 bits per heavy atom. The van der Waals surface area contributed by atoms with Gasteiger partial charge in [0.2, 0.25) is 0 Å². The van der Waals surface area contributed by atoms with Gasteiger partial charge in [-0.2, -0.15) is 0 Å². The first-order valence-corrected chi connectivity index (χ1v) is 9.34. The average molecular weight is 342 g/mol. The summed E-state index contributed by atoms with van der Waals surface area (Å²) in [5.74, 6) is 0.939. The Morgan fingerprint density at radius 2 is 2.21 bits per heavy atom. The van der Waals surface area contributed by atoms with Crippen molar-refractivity contribution in [2.45, 2.75) is 38.8 Å². The molecule has 0 spiro atoms. The van der Waals surface area contributed by atoms with Gasteiger partial charge >= 0.3 is 0 Å². The van der Waals surface area contributed by atoms with Crippen molar-refractivity contribution in [3.8, 4) is 0 Å². The van der Waals surface area contributed by atoms with E-state index < -0.39 is 0 Å². The highest BCUT2D eigenvalue weighted by molar-refractivity contribution is 7.13. The zero-order valence-corrected chi connectivity index (χ0v) is 15.0. The second kappa shape index (κ2) is 6.26. The fraction of sp³-hybridized carbons (Fsp3) is 0.500. The molecule has 0 aromatic carbocycles. The molecule has 0 aliphatic carbocycles. The van der Waals surface area contributed by atoms with E-state index >= 15 is 0 Å². The van der Waals surface area contributed by atoms with Gasteiger partial charge in [0, 0.05) is 48.4 Å². The van der Waals surface area contributed by atoms with Crippen LogP contribution in [-0.4, -0.2) is 45.8 Å². The Kier molecular flexibility index (Phi) is 4.10. The van der Waals surface area contributed by atoms with Gasteiger partial charge in [-0.1, -0.05) is 0 Å². The molecule has 1 saturated heterocycles. The Bertz CT molecular complexity index is 772. The predicted molar refractivity (Wildman–Crippen MR) is 94.1 cm³/mol. The molecule has 2 aromatic rings. The molecule has 0 radical (unpaired) electrons. The molecule has 0 bridgehead atoms. The zero-order valence-electron chi connectivity index (χ0n) is 14.2.